The Bertz CT molecular complexity index is 1480. The molecule has 1 amide bonds. The number of pyridine rings is 2. The van der Waals surface area contributed by atoms with Gasteiger partial charge in [0.1, 0.15) is 0 Å². The van der Waals surface area contributed by atoms with Gasteiger partial charge in [0.2, 0.25) is 0 Å². The van der Waals surface area contributed by atoms with Crippen molar-refractivity contribution in [3.05, 3.63) is 71.6 Å². The minimum Gasteiger partial charge on any atom is -0.351 e. The maximum atomic E-state index is 13.3. The van der Waals surface area contributed by atoms with Gasteiger partial charge in [-0.15, -0.1) is 0 Å². The molecule has 9 heteroatoms. The monoisotopic (exact) mass is 513 g/mol. The Morgan fingerprint density at radius 2 is 1.89 bits per heavy atom. The SMILES string of the molecule is Cc1ncc(C(=O)NCCN2CCCCC2(C)C)cc1CC(=O)c1cnn2cc(-c3cnn(C)c3)ccc12. The Labute approximate surface area is 222 Å². The van der Waals surface area contributed by atoms with E-state index in [1.807, 2.05) is 38.5 Å². The lowest BCUT2D eigenvalue weighted by Gasteiger charge is -2.42. The molecule has 38 heavy (non-hydrogen) atoms. The number of aromatic nitrogens is 5. The van der Waals surface area contributed by atoms with Crippen LogP contribution in [0.15, 0.2) is 49.2 Å². The highest BCUT2D eigenvalue weighted by Crippen LogP contribution is 2.26. The fourth-order valence-electron chi connectivity index (χ4n) is 5.23. The van der Waals surface area contributed by atoms with Crippen molar-refractivity contribution >= 4 is 17.2 Å². The standard InChI is InChI=1S/C29H35N7O2/c1-20-22(13-23(15-31-20)28(38)30-10-12-35-11-6-5-9-29(35,2)3)14-27(37)25-17-33-36-19-21(7-8-26(25)36)24-16-32-34(4)18-24/h7-8,13,15-19H,5-6,9-12,14H2,1-4H3,(H,30,38). The number of rotatable bonds is 8. The first-order valence-electron chi connectivity index (χ1n) is 13.2. The molecule has 0 radical (unpaired) electrons. The summed E-state index contributed by atoms with van der Waals surface area (Å²) in [6.07, 6.45) is 12.6. The first-order chi connectivity index (χ1) is 18.2. The second-order valence-electron chi connectivity index (χ2n) is 10.8. The Kier molecular flexibility index (Phi) is 7.12. The molecule has 5 rings (SSSR count). The topological polar surface area (TPSA) is 97.4 Å². The molecule has 1 N–H and O–H groups in total. The molecule has 1 saturated heterocycles. The van der Waals surface area contributed by atoms with Gasteiger partial charge in [-0.05, 0) is 57.9 Å². The third-order valence-corrected chi connectivity index (χ3v) is 7.65. The Morgan fingerprint density at radius 3 is 2.66 bits per heavy atom. The maximum absolute atomic E-state index is 13.3. The third kappa shape index (κ3) is 5.38. The van der Waals surface area contributed by atoms with Gasteiger partial charge >= 0.3 is 0 Å². The number of nitrogens with one attached hydrogen (secondary N) is 1. The number of nitrogens with zero attached hydrogens (tertiary/aromatic N) is 6. The lowest BCUT2D eigenvalue weighted by molar-refractivity contribution is 0.0745. The van der Waals surface area contributed by atoms with Crippen LogP contribution in [-0.2, 0) is 13.5 Å². The number of hydrogen-bond acceptors (Lipinski definition) is 6. The molecule has 0 aliphatic carbocycles. The molecule has 1 fully saturated rings. The van der Waals surface area contributed by atoms with Crippen LogP contribution < -0.4 is 5.32 Å². The lowest BCUT2D eigenvalue weighted by Crippen LogP contribution is -2.50. The summed E-state index contributed by atoms with van der Waals surface area (Å²) >= 11 is 0. The molecule has 9 nitrogen and oxygen atoms in total. The largest absolute Gasteiger partial charge is 0.351 e. The normalized spacial score (nSPS) is 15.6. The molecule has 0 spiro atoms. The van der Waals surface area contributed by atoms with E-state index in [0.717, 1.165) is 41.0 Å². The fourth-order valence-corrected chi connectivity index (χ4v) is 5.23. The van der Waals surface area contributed by atoms with Crippen LogP contribution in [0.3, 0.4) is 0 Å². The number of fused-ring (bicyclic) bond motifs is 1. The number of Topliss-reactive ketones (excluding diaryl/α,β-unsaturated/α-hetero) is 1. The highest BCUT2D eigenvalue weighted by Gasteiger charge is 2.29. The van der Waals surface area contributed by atoms with Crippen molar-refractivity contribution in [1.82, 2.24) is 34.6 Å². The van der Waals surface area contributed by atoms with Gasteiger partial charge in [-0.25, -0.2) is 4.52 Å². The third-order valence-electron chi connectivity index (χ3n) is 7.65. The molecular weight excluding hydrogens is 478 g/mol. The molecule has 4 aromatic heterocycles. The zero-order valence-corrected chi connectivity index (χ0v) is 22.6. The van der Waals surface area contributed by atoms with E-state index in [0.29, 0.717) is 17.7 Å². The van der Waals surface area contributed by atoms with E-state index in [1.165, 1.54) is 19.3 Å². The summed E-state index contributed by atoms with van der Waals surface area (Å²) in [4.78, 5) is 33.0. The number of hydrogen-bond donors (Lipinski definition) is 1. The average molecular weight is 514 g/mol. The number of carbonyl (C=O) groups is 2. The zero-order chi connectivity index (χ0) is 26.9. The molecule has 4 aromatic rings. The Morgan fingerprint density at radius 1 is 1.05 bits per heavy atom. The first-order valence-corrected chi connectivity index (χ1v) is 13.2. The number of aryl methyl sites for hydroxylation is 2. The maximum Gasteiger partial charge on any atom is 0.252 e. The Hall–Kier alpha value is -3.85. The van der Waals surface area contributed by atoms with Crippen LogP contribution in [0, 0.1) is 6.92 Å². The van der Waals surface area contributed by atoms with Crippen molar-refractivity contribution in [1.29, 1.82) is 0 Å². The molecule has 1 aliphatic rings. The van der Waals surface area contributed by atoms with Crippen LogP contribution in [0.2, 0.25) is 0 Å². The van der Waals surface area contributed by atoms with E-state index in [2.05, 4.69) is 39.2 Å². The van der Waals surface area contributed by atoms with Gasteiger partial charge in [0, 0.05) is 67.5 Å². The van der Waals surface area contributed by atoms with E-state index in [9.17, 15) is 9.59 Å². The summed E-state index contributed by atoms with van der Waals surface area (Å²) in [5.41, 5.74) is 5.34. The summed E-state index contributed by atoms with van der Waals surface area (Å²) < 4.78 is 3.46. The van der Waals surface area contributed by atoms with Crippen molar-refractivity contribution in [2.75, 3.05) is 19.6 Å². The highest BCUT2D eigenvalue weighted by atomic mass is 16.1. The number of ketones is 1. The predicted octanol–water partition coefficient (Wildman–Crippen LogP) is 3.86. The van der Waals surface area contributed by atoms with Gasteiger partial charge in [0.25, 0.3) is 5.91 Å². The first kappa shape index (κ1) is 25.8. The fraction of sp³-hybridized carbons (Fsp3) is 0.414. The molecule has 198 valence electrons. The number of carbonyl (C=O) groups excluding carboxylic acids is 2. The van der Waals surface area contributed by atoms with E-state index in [1.54, 1.807) is 33.9 Å². The summed E-state index contributed by atoms with van der Waals surface area (Å²) in [6.45, 7) is 8.86. The second-order valence-corrected chi connectivity index (χ2v) is 10.8. The van der Waals surface area contributed by atoms with Crippen molar-refractivity contribution in [2.24, 2.45) is 7.05 Å². The van der Waals surface area contributed by atoms with Crippen LogP contribution in [0.25, 0.3) is 16.6 Å². The van der Waals surface area contributed by atoms with E-state index in [-0.39, 0.29) is 23.7 Å². The van der Waals surface area contributed by atoms with Gasteiger partial charge in [0.15, 0.2) is 5.78 Å². The van der Waals surface area contributed by atoms with Crippen molar-refractivity contribution in [3.8, 4) is 11.1 Å². The molecule has 0 saturated carbocycles. The zero-order valence-electron chi connectivity index (χ0n) is 22.6. The summed E-state index contributed by atoms with van der Waals surface area (Å²) in [6, 6.07) is 5.65. The Balaban J connectivity index is 1.26. The summed E-state index contributed by atoms with van der Waals surface area (Å²) in [5.74, 6) is -0.233. The van der Waals surface area contributed by atoms with Gasteiger partial charge < -0.3 is 5.32 Å². The lowest BCUT2D eigenvalue weighted by atomic mass is 9.90. The molecule has 5 heterocycles. The molecule has 0 atom stereocenters. The van der Waals surface area contributed by atoms with E-state index < -0.39 is 0 Å². The minimum atomic E-state index is -0.167. The number of likely N-dealkylation sites (tertiary alicyclic amines) is 1. The molecular formula is C29H35N7O2. The number of piperidine rings is 1. The molecule has 1 aliphatic heterocycles. The van der Waals surface area contributed by atoms with Gasteiger partial charge in [-0.1, -0.05) is 12.5 Å². The van der Waals surface area contributed by atoms with Crippen LogP contribution in [0.4, 0.5) is 0 Å². The predicted molar refractivity (Wildman–Crippen MR) is 146 cm³/mol. The smallest absolute Gasteiger partial charge is 0.252 e. The highest BCUT2D eigenvalue weighted by molar-refractivity contribution is 6.03. The summed E-state index contributed by atoms with van der Waals surface area (Å²) in [7, 11) is 1.87. The van der Waals surface area contributed by atoms with Crippen LogP contribution in [0.1, 0.15) is 65.1 Å². The van der Waals surface area contributed by atoms with Crippen molar-refractivity contribution < 1.29 is 9.59 Å². The minimum absolute atomic E-state index is 0.0658. The van der Waals surface area contributed by atoms with E-state index in [4.69, 9.17) is 0 Å². The van der Waals surface area contributed by atoms with E-state index >= 15 is 0 Å². The number of amides is 1. The molecule has 0 aromatic carbocycles. The van der Waals surface area contributed by atoms with Gasteiger partial charge in [-0.2, -0.15) is 10.2 Å². The molecule has 0 unspecified atom stereocenters. The quantitative estimate of drug-likeness (QED) is 0.360. The van der Waals surface area contributed by atoms with Gasteiger partial charge in [-0.3, -0.25) is 24.2 Å². The molecule has 0 bridgehead atoms. The van der Waals surface area contributed by atoms with Crippen molar-refractivity contribution in [2.45, 2.75) is 52.0 Å². The summed E-state index contributed by atoms with van der Waals surface area (Å²) in [5, 5.41) is 11.7. The van der Waals surface area contributed by atoms with Crippen LogP contribution >= 0.6 is 0 Å². The second kappa shape index (κ2) is 10.5. The average Bonchev–Trinajstić information content (AvgIpc) is 3.52. The van der Waals surface area contributed by atoms with Crippen molar-refractivity contribution in [3.63, 3.8) is 0 Å². The van der Waals surface area contributed by atoms with Crippen LogP contribution in [0.5, 0.6) is 0 Å². The van der Waals surface area contributed by atoms with Gasteiger partial charge in [0.05, 0.1) is 29.0 Å². The van der Waals surface area contributed by atoms with Crippen LogP contribution in [-0.4, -0.2) is 66.1 Å².